The Labute approximate surface area is 136 Å². The Hall–Kier alpha value is -1.10. The van der Waals surface area contributed by atoms with E-state index in [9.17, 15) is 4.39 Å². The molecular formula is C15H13Cl2FN2S. The highest BCUT2D eigenvalue weighted by atomic mass is 35.5. The van der Waals surface area contributed by atoms with Crippen molar-refractivity contribution in [1.82, 2.24) is 9.55 Å². The van der Waals surface area contributed by atoms with Gasteiger partial charge in [0.15, 0.2) is 0 Å². The zero-order chi connectivity index (χ0) is 15.1. The summed E-state index contributed by atoms with van der Waals surface area (Å²) in [6.07, 6.45) is 0. The number of aromatic nitrogens is 2. The highest BCUT2D eigenvalue weighted by molar-refractivity contribution is 7.08. The fraction of sp³-hybridized carbons (Fsp3) is 0.267. The minimum atomic E-state index is -0.443. The predicted octanol–water partition coefficient (Wildman–Crippen LogP) is 5.55. The second-order valence-electron chi connectivity index (χ2n) is 5.01. The van der Waals surface area contributed by atoms with Crippen LogP contribution in [0.4, 0.5) is 4.39 Å². The molecule has 0 amide bonds. The Morgan fingerprint density at radius 2 is 2.14 bits per heavy atom. The first-order chi connectivity index (χ1) is 9.97. The minimum Gasteiger partial charge on any atom is -0.322 e. The largest absolute Gasteiger partial charge is 0.322 e. The molecule has 0 bridgehead atoms. The molecule has 21 heavy (non-hydrogen) atoms. The average molecular weight is 343 g/mol. The molecule has 0 N–H and O–H groups in total. The molecule has 2 heterocycles. The van der Waals surface area contributed by atoms with E-state index < -0.39 is 5.82 Å². The summed E-state index contributed by atoms with van der Waals surface area (Å²) in [7, 11) is 0. The Kier molecular flexibility index (Phi) is 3.95. The summed E-state index contributed by atoms with van der Waals surface area (Å²) in [5, 5.41) is 4.00. The van der Waals surface area contributed by atoms with E-state index in [1.807, 2.05) is 11.5 Å². The van der Waals surface area contributed by atoms with Gasteiger partial charge in [-0.2, -0.15) is 11.3 Å². The first kappa shape index (κ1) is 14.8. The standard InChI is InChI=1S/C15H13Cl2FN2S/c1-8-6-21-7-10(8)5-20-14-4-12(18)11(17)3-13(14)19-15(20)9(2)16/h3-4,6-7,9H,5H2,1-2H3. The van der Waals surface area contributed by atoms with Crippen LogP contribution >= 0.6 is 34.5 Å². The van der Waals surface area contributed by atoms with Crippen molar-refractivity contribution >= 4 is 45.6 Å². The van der Waals surface area contributed by atoms with E-state index in [4.69, 9.17) is 23.2 Å². The summed E-state index contributed by atoms with van der Waals surface area (Å²) >= 11 is 13.7. The number of benzene rings is 1. The molecule has 2 aromatic heterocycles. The third kappa shape index (κ3) is 2.68. The number of thiophene rings is 1. The lowest BCUT2D eigenvalue weighted by Crippen LogP contribution is -2.06. The highest BCUT2D eigenvalue weighted by Crippen LogP contribution is 2.29. The van der Waals surface area contributed by atoms with Crippen molar-refractivity contribution in [2.75, 3.05) is 0 Å². The van der Waals surface area contributed by atoms with Crippen molar-refractivity contribution in [2.24, 2.45) is 0 Å². The molecule has 1 unspecified atom stereocenters. The zero-order valence-electron chi connectivity index (χ0n) is 11.5. The summed E-state index contributed by atoms with van der Waals surface area (Å²) in [6.45, 7) is 4.54. The third-order valence-electron chi connectivity index (χ3n) is 3.47. The van der Waals surface area contributed by atoms with Gasteiger partial charge in [0.05, 0.1) is 28.0 Å². The number of hydrogen-bond donors (Lipinski definition) is 0. The molecule has 3 aromatic rings. The number of hydrogen-bond acceptors (Lipinski definition) is 2. The van der Waals surface area contributed by atoms with Crippen molar-refractivity contribution in [2.45, 2.75) is 25.8 Å². The quantitative estimate of drug-likeness (QED) is 0.571. The Morgan fingerprint density at radius 1 is 1.38 bits per heavy atom. The molecule has 0 aliphatic rings. The molecular weight excluding hydrogens is 330 g/mol. The average Bonchev–Trinajstić information content (AvgIpc) is 2.97. The molecule has 0 aliphatic carbocycles. The van der Waals surface area contributed by atoms with Crippen molar-refractivity contribution in [3.63, 3.8) is 0 Å². The summed E-state index contributed by atoms with van der Waals surface area (Å²) < 4.78 is 15.8. The molecule has 0 saturated heterocycles. The summed E-state index contributed by atoms with van der Waals surface area (Å²) in [6, 6.07) is 2.97. The van der Waals surface area contributed by atoms with Crippen LogP contribution in [0, 0.1) is 12.7 Å². The van der Waals surface area contributed by atoms with Gasteiger partial charge in [0, 0.05) is 6.07 Å². The van der Waals surface area contributed by atoms with Crippen LogP contribution in [0.2, 0.25) is 5.02 Å². The van der Waals surface area contributed by atoms with Crippen molar-refractivity contribution < 1.29 is 4.39 Å². The summed E-state index contributed by atoms with van der Waals surface area (Å²) in [5.74, 6) is 0.278. The van der Waals surface area contributed by atoms with Crippen LogP contribution in [0.1, 0.15) is 29.3 Å². The topological polar surface area (TPSA) is 17.8 Å². The second kappa shape index (κ2) is 5.59. The predicted molar refractivity (Wildman–Crippen MR) is 87.1 cm³/mol. The van der Waals surface area contributed by atoms with E-state index in [1.165, 1.54) is 17.2 Å². The van der Waals surface area contributed by atoms with Gasteiger partial charge in [-0.1, -0.05) is 11.6 Å². The minimum absolute atomic E-state index is 0.0765. The highest BCUT2D eigenvalue weighted by Gasteiger charge is 2.17. The number of alkyl halides is 1. The van der Waals surface area contributed by atoms with Crippen LogP contribution in [0.25, 0.3) is 11.0 Å². The summed E-state index contributed by atoms with van der Waals surface area (Å²) in [4.78, 5) is 4.51. The first-order valence-corrected chi connectivity index (χ1v) is 8.24. The number of halogens is 3. The molecule has 0 fully saturated rings. The zero-order valence-corrected chi connectivity index (χ0v) is 13.9. The second-order valence-corrected chi connectivity index (χ2v) is 6.81. The molecule has 110 valence electrons. The van der Waals surface area contributed by atoms with Crippen LogP contribution in [0.5, 0.6) is 0 Å². The third-order valence-corrected chi connectivity index (χ3v) is 4.86. The molecule has 0 radical (unpaired) electrons. The first-order valence-electron chi connectivity index (χ1n) is 6.48. The van der Waals surface area contributed by atoms with Gasteiger partial charge in [-0.25, -0.2) is 9.37 Å². The SMILES string of the molecule is Cc1cscc1Cn1c(C(C)Cl)nc2cc(Cl)c(F)cc21. The van der Waals surface area contributed by atoms with Crippen molar-refractivity contribution in [1.29, 1.82) is 0 Å². The van der Waals surface area contributed by atoms with E-state index in [1.54, 1.807) is 17.4 Å². The monoisotopic (exact) mass is 342 g/mol. The van der Waals surface area contributed by atoms with Crippen LogP contribution in [-0.4, -0.2) is 9.55 Å². The van der Waals surface area contributed by atoms with Gasteiger partial charge in [-0.15, -0.1) is 11.6 Å². The summed E-state index contributed by atoms with van der Waals surface area (Å²) in [5.41, 5.74) is 3.78. The van der Waals surface area contributed by atoms with Crippen LogP contribution in [0.15, 0.2) is 22.9 Å². The lowest BCUT2D eigenvalue weighted by atomic mass is 10.2. The van der Waals surface area contributed by atoms with Crippen LogP contribution < -0.4 is 0 Å². The molecule has 6 heteroatoms. The number of nitrogens with zero attached hydrogens (tertiary/aromatic N) is 2. The van der Waals surface area contributed by atoms with Gasteiger partial charge in [-0.05, 0) is 41.8 Å². The van der Waals surface area contributed by atoms with Gasteiger partial charge in [0.25, 0.3) is 0 Å². The molecule has 0 aliphatic heterocycles. The van der Waals surface area contributed by atoms with Gasteiger partial charge in [-0.3, -0.25) is 0 Å². The van der Waals surface area contributed by atoms with E-state index in [0.717, 1.165) is 5.82 Å². The number of fused-ring (bicyclic) bond motifs is 1. The van der Waals surface area contributed by atoms with Crippen LogP contribution in [-0.2, 0) is 6.54 Å². The molecule has 1 aromatic carbocycles. The maximum absolute atomic E-state index is 13.8. The molecule has 0 spiro atoms. The van der Waals surface area contributed by atoms with E-state index in [0.29, 0.717) is 17.6 Å². The lowest BCUT2D eigenvalue weighted by molar-refractivity contribution is 0.628. The van der Waals surface area contributed by atoms with Crippen molar-refractivity contribution in [3.8, 4) is 0 Å². The number of aryl methyl sites for hydroxylation is 1. The normalized spacial score (nSPS) is 13.0. The smallest absolute Gasteiger partial charge is 0.144 e. The van der Waals surface area contributed by atoms with Crippen molar-refractivity contribution in [3.05, 3.63) is 50.7 Å². The van der Waals surface area contributed by atoms with E-state index in [-0.39, 0.29) is 10.4 Å². The van der Waals surface area contributed by atoms with Gasteiger partial charge in [0.1, 0.15) is 11.6 Å². The Balaban J connectivity index is 2.20. The molecule has 1 atom stereocenters. The molecule has 3 rings (SSSR count). The number of imidazole rings is 1. The number of rotatable bonds is 3. The van der Waals surface area contributed by atoms with Gasteiger partial charge >= 0.3 is 0 Å². The maximum atomic E-state index is 13.8. The van der Waals surface area contributed by atoms with E-state index >= 15 is 0 Å². The van der Waals surface area contributed by atoms with E-state index in [2.05, 4.69) is 22.7 Å². The molecule has 2 nitrogen and oxygen atoms in total. The van der Waals surface area contributed by atoms with Crippen LogP contribution in [0.3, 0.4) is 0 Å². The van der Waals surface area contributed by atoms with Gasteiger partial charge < -0.3 is 4.57 Å². The maximum Gasteiger partial charge on any atom is 0.144 e. The Bertz CT molecular complexity index is 807. The fourth-order valence-electron chi connectivity index (χ4n) is 2.33. The van der Waals surface area contributed by atoms with Gasteiger partial charge in [0.2, 0.25) is 0 Å². The molecule has 0 saturated carbocycles. The lowest BCUT2D eigenvalue weighted by Gasteiger charge is -2.10. The fourth-order valence-corrected chi connectivity index (χ4v) is 3.50. The Morgan fingerprint density at radius 3 is 2.76 bits per heavy atom.